The zero-order valence-electron chi connectivity index (χ0n) is 18.0. The van der Waals surface area contributed by atoms with Gasteiger partial charge in [-0.05, 0) is 38.8 Å². The third-order valence-corrected chi connectivity index (χ3v) is 6.35. The van der Waals surface area contributed by atoms with E-state index in [1.807, 2.05) is 18.7 Å². The molecule has 2 aromatic rings. The van der Waals surface area contributed by atoms with Crippen LogP contribution in [-0.4, -0.2) is 53.7 Å². The van der Waals surface area contributed by atoms with E-state index >= 15 is 0 Å². The number of ether oxygens (including phenoxy) is 1. The zero-order valence-corrected chi connectivity index (χ0v) is 18.0. The van der Waals surface area contributed by atoms with Crippen molar-refractivity contribution in [2.24, 2.45) is 5.41 Å². The number of rotatable bonds is 4. The number of benzene rings is 1. The average Bonchev–Trinajstić information content (AvgIpc) is 3.06. The maximum atomic E-state index is 12.9. The predicted molar refractivity (Wildman–Crippen MR) is 110 cm³/mol. The molecule has 4 rings (SSSR count). The molecule has 0 bridgehead atoms. The first kappa shape index (κ1) is 20.1. The Bertz CT molecular complexity index is 887. The van der Waals surface area contributed by atoms with Gasteiger partial charge in [0.1, 0.15) is 5.76 Å². The van der Waals surface area contributed by atoms with Gasteiger partial charge < -0.3 is 14.2 Å². The van der Waals surface area contributed by atoms with E-state index in [1.165, 1.54) is 16.7 Å². The number of hydrogen-bond donors (Lipinski definition) is 0. The summed E-state index contributed by atoms with van der Waals surface area (Å²) in [5.74, 6) is 0.993. The molecule has 3 heterocycles. The highest BCUT2D eigenvalue weighted by molar-refractivity contribution is 5.79. The summed E-state index contributed by atoms with van der Waals surface area (Å²) in [5, 5.41) is 4.03. The van der Waals surface area contributed by atoms with Crippen LogP contribution in [0.25, 0.3) is 0 Å². The molecule has 156 valence electrons. The van der Waals surface area contributed by atoms with Crippen molar-refractivity contribution < 1.29 is 14.1 Å². The highest BCUT2D eigenvalue weighted by Crippen LogP contribution is 2.36. The van der Waals surface area contributed by atoms with Crippen LogP contribution < -0.4 is 0 Å². The molecule has 2 fully saturated rings. The van der Waals surface area contributed by atoms with E-state index < -0.39 is 0 Å². The van der Waals surface area contributed by atoms with Crippen molar-refractivity contribution in [1.82, 2.24) is 15.0 Å². The molecule has 1 aromatic carbocycles. The molecule has 2 aliphatic rings. The molecule has 0 aliphatic carbocycles. The van der Waals surface area contributed by atoms with Crippen LogP contribution in [0.2, 0.25) is 0 Å². The quantitative estimate of drug-likeness (QED) is 0.793. The van der Waals surface area contributed by atoms with Crippen LogP contribution in [0.5, 0.6) is 0 Å². The molecule has 29 heavy (non-hydrogen) atoms. The van der Waals surface area contributed by atoms with Gasteiger partial charge in [0, 0.05) is 43.6 Å². The van der Waals surface area contributed by atoms with Crippen molar-refractivity contribution in [1.29, 1.82) is 0 Å². The third kappa shape index (κ3) is 4.23. The van der Waals surface area contributed by atoms with E-state index in [0.717, 1.165) is 43.2 Å². The maximum Gasteiger partial charge on any atom is 0.223 e. The van der Waals surface area contributed by atoms with Crippen LogP contribution in [0.3, 0.4) is 0 Å². The van der Waals surface area contributed by atoms with Crippen LogP contribution in [0.1, 0.15) is 40.1 Å². The second kappa shape index (κ2) is 7.92. The summed E-state index contributed by atoms with van der Waals surface area (Å²) in [6.45, 7) is 13.5. The lowest BCUT2D eigenvalue weighted by Crippen LogP contribution is -2.40. The van der Waals surface area contributed by atoms with Gasteiger partial charge in [0.15, 0.2) is 0 Å². The topological polar surface area (TPSA) is 58.8 Å². The Morgan fingerprint density at radius 2 is 1.97 bits per heavy atom. The lowest BCUT2D eigenvalue weighted by molar-refractivity contribution is -0.128. The molecule has 2 saturated heterocycles. The van der Waals surface area contributed by atoms with E-state index in [4.69, 9.17) is 9.26 Å². The van der Waals surface area contributed by atoms with Gasteiger partial charge in [-0.15, -0.1) is 0 Å². The number of nitrogens with zero attached hydrogens (tertiary/aromatic N) is 3. The van der Waals surface area contributed by atoms with Gasteiger partial charge in [-0.25, -0.2) is 0 Å². The summed E-state index contributed by atoms with van der Waals surface area (Å²) in [6.07, 6.45) is 0.541. The second-order valence-electron chi connectivity index (χ2n) is 8.92. The predicted octanol–water partition coefficient (Wildman–Crippen LogP) is 3.16. The summed E-state index contributed by atoms with van der Waals surface area (Å²) >= 11 is 0. The number of hydrogen-bond acceptors (Lipinski definition) is 5. The number of aromatic nitrogens is 1. The number of carbonyl (C=O) groups is 1. The summed E-state index contributed by atoms with van der Waals surface area (Å²) in [7, 11) is 0. The summed E-state index contributed by atoms with van der Waals surface area (Å²) in [5.41, 5.74) is 5.70. The molecule has 0 radical (unpaired) electrons. The van der Waals surface area contributed by atoms with E-state index in [0.29, 0.717) is 26.2 Å². The fraction of sp³-hybridized carbons (Fsp3) is 0.565. The Balaban J connectivity index is 1.49. The minimum Gasteiger partial charge on any atom is -0.379 e. The van der Waals surface area contributed by atoms with Gasteiger partial charge in [0.05, 0.1) is 25.5 Å². The molecular weight excluding hydrogens is 366 g/mol. The molecule has 1 atom stereocenters. The Morgan fingerprint density at radius 1 is 1.14 bits per heavy atom. The first-order valence-electron chi connectivity index (χ1n) is 10.4. The van der Waals surface area contributed by atoms with Gasteiger partial charge >= 0.3 is 0 Å². The Labute approximate surface area is 172 Å². The van der Waals surface area contributed by atoms with Gasteiger partial charge in [-0.3, -0.25) is 9.69 Å². The number of aryl methyl sites for hydroxylation is 4. The normalized spacial score (nSPS) is 23.2. The van der Waals surface area contributed by atoms with Crippen LogP contribution >= 0.6 is 0 Å². The van der Waals surface area contributed by atoms with Crippen molar-refractivity contribution >= 4 is 5.91 Å². The summed E-state index contributed by atoms with van der Waals surface area (Å²) in [4.78, 5) is 17.3. The largest absolute Gasteiger partial charge is 0.379 e. The van der Waals surface area contributed by atoms with Gasteiger partial charge in [-0.1, -0.05) is 28.9 Å². The van der Waals surface area contributed by atoms with Crippen molar-refractivity contribution in [3.8, 4) is 0 Å². The maximum absolute atomic E-state index is 12.9. The smallest absolute Gasteiger partial charge is 0.223 e. The van der Waals surface area contributed by atoms with Crippen molar-refractivity contribution in [2.45, 2.75) is 47.2 Å². The zero-order chi connectivity index (χ0) is 20.6. The Hall–Kier alpha value is -2.18. The molecule has 2 aliphatic heterocycles. The molecular formula is C23H31N3O3. The number of likely N-dealkylation sites (tertiary alicyclic amines) is 1. The molecule has 1 aromatic heterocycles. The van der Waals surface area contributed by atoms with E-state index in [-0.39, 0.29) is 11.3 Å². The summed E-state index contributed by atoms with van der Waals surface area (Å²) in [6, 6.07) is 6.63. The second-order valence-corrected chi connectivity index (χ2v) is 8.92. The SMILES string of the molecule is Cc1ccc(C)c(CN2CCOCC3(CC(=O)N(Cc4c(C)noc4C)C3)C2)c1. The lowest BCUT2D eigenvalue weighted by atomic mass is 9.87. The lowest BCUT2D eigenvalue weighted by Gasteiger charge is -2.31. The van der Waals surface area contributed by atoms with Gasteiger partial charge in [0.25, 0.3) is 0 Å². The van der Waals surface area contributed by atoms with Crippen molar-refractivity contribution in [3.63, 3.8) is 0 Å². The first-order chi connectivity index (χ1) is 13.8. The fourth-order valence-electron chi connectivity index (χ4n) is 4.67. The van der Waals surface area contributed by atoms with Crippen molar-refractivity contribution in [2.75, 3.05) is 32.8 Å². The van der Waals surface area contributed by atoms with Gasteiger partial charge in [-0.2, -0.15) is 0 Å². The Kier molecular flexibility index (Phi) is 5.49. The number of carbonyl (C=O) groups excluding carboxylic acids is 1. The monoisotopic (exact) mass is 397 g/mol. The molecule has 1 spiro atoms. The van der Waals surface area contributed by atoms with E-state index in [9.17, 15) is 4.79 Å². The molecule has 6 nitrogen and oxygen atoms in total. The minimum absolute atomic E-state index is 0.149. The molecule has 0 saturated carbocycles. The molecule has 0 N–H and O–H groups in total. The highest BCUT2D eigenvalue weighted by atomic mass is 16.5. The van der Waals surface area contributed by atoms with E-state index in [1.54, 1.807) is 0 Å². The molecule has 1 unspecified atom stereocenters. The van der Waals surface area contributed by atoms with Crippen LogP contribution in [-0.2, 0) is 22.6 Å². The minimum atomic E-state index is -0.149. The van der Waals surface area contributed by atoms with Crippen LogP contribution in [0.4, 0.5) is 0 Å². The molecule has 1 amide bonds. The standard InChI is InChI=1S/C23H31N3O3/c1-16-5-6-17(2)20(9-16)11-25-7-8-28-15-23(13-25)10-22(27)26(14-23)12-21-18(3)24-29-19(21)4/h5-6,9H,7-8,10-15H2,1-4H3. The van der Waals surface area contributed by atoms with Crippen LogP contribution in [0.15, 0.2) is 22.7 Å². The van der Waals surface area contributed by atoms with Crippen molar-refractivity contribution in [3.05, 3.63) is 51.9 Å². The van der Waals surface area contributed by atoms with Crippen LogP contribution in [0, 0.1) is 33.1 Å². The highest BCUT2D eigenvalue weighted by Gasteiger charge is 2.45. The van der Waals surface area contributed by atoms with E-state index in [2.05, 4.69) is 42.1 Å². The third-order valence-electron chi connectivity index (χ3n) is 6.35. The summed E-state index contributed by atoms with van der Waals surface area (Å²) < 4.78 is 11.3. The first-order valence-corrected chi connectivity index (χ1v) is 10.4. The average molecular weight is 398 g/mol. The van der Waals surface area contributed by atoms with Gasteiger partial charge in [0.2, 0.25) is 5.91 Å². The fourth-order valence-corrected chi connectivity index (χ4v) is 4.67. The number of amides is 1. The Morgan fingerprint density at radius 3 is 2.72 bits per heavy atom. The molecule has 6 heteroatoms.